The second kappa shape index (κ2) is 10.8. The fraction of sp³-hybridized carbons (Fsp3) is 0.288. The molecule has 0 N–H and O–H groups in total. The van der Waals surface area contributed by atoms with Gasteiger partial charge >= 0.3 is 0 Å². The summed E-state index contributed by atoms with van der Waals surface area (Å²) in [5.41, 5.74) is 14.3. The topological polar surface area (TPSA) is 44.1 Å². The number of fused-ring (bicyclic) bond motifs is 9. The lowest BCUT2D eigenvalue weighted by molar-refractivity contribution is 0.395. The number of hydrogen-bond acceptors (Lipinski definition) is 3. The number of imidazole rings is 1. The molecule has 0 bridgehead atoms. The van der Waals surface area contributed by atoms with Crippen molar-refractivity contribution in [3.8, 4) is 28.2 Å². The molecule has 3 heterocycles. The van der Waals surface area contributed by atoms with E-state index in [2.05, 4.69) is 108 Å². The quantitative estimate of drug-likeness (QED) is 0.181. The Kier molecular flexibility index (Phi) is 5.91. The van der Waals surface area contributed by atoms with Crippen molar-refractivity contribution in [2.75, 3.05) is 0 Å². The Morgan fingerprint density at radius 3 is 1.91 bits per heavy atom. The third-order valence-electron chi connectivity index (χ3n) is 13.2. The number of aryl methyl sites for hydroxylation is 1. The lowest BCUT2D eigenvalue weighted by Crippen LogP contribution is -2.23. The summed E-state index contributed by atoms with van der Waals surface area (Å²) in [6.45, 7) is 17.0. The zero-order chi connectivity index (χ0) is 41.2. The Morgan fingerprint density at radius 2 is 1.20 bits per heavy atom. The van der Waals surface area contributed by atoms with Gasteiger partial charge in [0.1, 0.15) is 28.2 Å². The summed E-state index contributed by atoms with van der Waals surface area (Å²) in [6, 6.07) is 35.1. The first-order valence-electron chi connectivity index (χ1n) is 21.5. The van der Waals surface area contributed by atoms with Gasteiger partial charge in [-0.25, -0.2) is 4.98 Å². The number of furan rings is 2. The van der Waals surface area contributed by atoms with Crippen molar-refractivity contribution >= 4 is 54.9 Å². The van der Waals surface area contributed by atoms with Crippen LogP contribution in [-0.2, 0) is 21.7 Å². The van der Waals surface area contributed by atoms with Crippen LogP contribution in [0.15, 0.2) is 112 Å². The van der Waals surface area contributed by atoms with Crippen LogP contribution in [0.3, 0.4) is 0 Å². The molecule has 0 saturated carbocycles. The highest BCUT2D eigenvalue weighted by atomic mass is 16.3. The van der Waals surface area contributed by atoms with Gasteiger partial charge in [-0.2, -0.15) is 0 Å². The molecule has 0 aliphatic heterocycles. The van der Waals surface area contributed by atoms with Gasteiger partial charge in [0.2, 0.25) is 0 Å². The number of nitrogens with zero attached hydrogens (tertiary/aromatic N) is 2. The summed E-state index contributed by atoms with van der Waals surface area (Å²) < 4.78 is 41.9. The maximum atomic E-state index is 8.73. The third-order valence-corrected chi connectivity index (χ3v) is 13.2. The molecule has 0 saturated heterocycles. The summed E-state index contributed by atoms with van der Waals surface area (Å²) in [7, 11) is 0. The van der Waals surface area contributed by atoms with Gasteiger partial charge in [-0.05, 0) is 117 Å². The standard InChI is InChI=1S/C52H48N2O2/c1-29-23-24-32(47-40(29)34-26-38-33(25-39(34)56-47)31-19-13-16-22-37(31)55-38)48-53-35-20-14-15-21-36(35)54(48)46-44-42(49(2,3)27-51(44,6)7)41(30-17-11-10-12-18-30)43-45(46)52(8,9)28-50(43,4)5/h10-26H,27-28H2,1-9H3/i1D3. The van der Waals surface area contributed by atoms with Crippen LogP contribution in [0.2, 0.25) is 0 Å². The predicted molar refractivity (Wildman–Crippen MR) is 233 cm³/mol. The Balaban J connectivity index is 1.32. The number of para-hydroxylation sites is 3. The van der Waals surface area contributed by atoms with E-state index in [1.54, 1.807) is 6.07 Å². The van der Waals surface area contributed by atoms with Gasteiger partial charge in [0.25, 0.3) is 0 Å². The van der Waals surface area contributed by atoms with Gasteiger partial charge in [-0.15, -0.1) is 0 Å². The lowest BCUT2D eigenvalue weighted by atomic mass is 9.73. The second-order valence-electron chi connectivity index (χ2n) is 19.1. The molecule has 0 spiro atoms. The fourth-order valence-corrected chi connectivity index (χ4v) is 11.8. The van der Waals surface area contributed by atoms with E-state index in [0.29, 0.717) is 27.5 Å². The maximum absolute atomic E-state index is 8.73. The molecule has 3 aromatic heterocycles. The van der Waals surface area contributed by atoms with Crippen molar-refractivity contribution in [3.63, 3.8) is 0 Å². The molecular weight excluding hydrogens is 685 g/mol. The highest BCUT2D eigenvalue weighted by Gasteiger charge is 2.54. The van der Waals surface area contributed by atoms with Crippen molar-refractivity contribution in [1.82, 2.24) is 9.55 Å². The van der Waals surface area contributed by atoms with Crippen LogP contribution in [0.1, 0.15) is 100 Å². The fourth-order valence-electron chi connectivity index (χ4n) is 11.8. The third kappa shape index (κ3) is 4.39. The Labute approximate surface area is 332 Å². The van der Waals surface area contributed by atoms with Crippen LogP contribution in [0.4, 0.5) is 0 Å². The van der Waals surface area contributed by atoms with E-state index in [9.17, 15) is 0 Å². The molecule has 9 aromatic rings. The minimum atomic E-state index is -2.39. The SMILES string of the molecule is [2H]C([2H])([2H])c1ccc(-c2nc3ccccc3n2-c2c3c(c(-c4ccccc4)c4c2C(C)(C)CC4(C)C)C(C)(C)CC3(C)C)c2oc3cc4c(cc3c12)oc1ccccc14. The van der Waals surface area contributed by atoms with E-state index >= 15 is 0 Å². The molecule has 0 unspecified atom stereocenters. The van der Waals surface area contributed by atoms with Crippen LogP contribution in [0.5, 0.6) is 0 Å². The summed E-state index contributed by atoms with van der Waals surface area (Å²) in [5, 5.41) is 3.19. The van der Waals surface area contributed by atoms with E-state index in [4.69, 9.17) is 17.9 Å². The minimum absolute atomic E-state index is 0.123. The first-order valence-corrected chi connectivity index (χ1v) is 20.0. The van der Waals surface area contributed by atoms with Gasteiger partial charge in [0.15, 0.2) is 0 Å². The highest BCUT2D eigenvalue weighted by molar-refractivity contribution is 6.17. The van der Waals surface area contributed by atoms with Gasteiger partial charge in [0.05, 0.1) is 22.3 Å². The molecule has 4 heteroatoms. The van der Waals surface area contributed by atoms with Gasteiger partial charge in [0, 0.05) is 25.7 Å². The molecule has 6 aromatic carbocycles. The lowest BCUT2D eigenvalue weighted by Gasteiger charge is -2.33. The van der Waals surface area contributed by atoms with Gasteiger partial charge in [-0.1, -0.05) is 122 Å². The molecule has 11 rings (SSSR count). The smallest absolute Gasteiger partial charge is 0.149 e. The van der Waals surface area contributed by atoms with Gasteiger partial charge < -0.3 is 8.83 Å². The van der Waals surface area contributed by atoms with Crippen LogP contribution in [0, 0.1) is 6.85 Å². The zero-order valence-corrected chi connectivity index (χ0v) is 33.4. The molecule has 0 radical (unpaired) electrons. The summed E-state index contributed by atoms with van der Waals surface area (Å²) in [4.78, 5) is 5.50. The van der Waals surface area contributed by atoms with E-state index < -0.39 is 6.85 Å². The molecule has 0 atom stereocenters. The maximum Gasteiger partial charge on any atom is 0.149 e. The van der Waals surface area contributed by atoms with E-state index in [1.807, 2.05) is 48.5 Å². The largest absolute Gasteiger partial charge is 0.456 e. The van der Waals surface area contributed by atoms with Crippen LogP contribution >= 0.6 is 0 Å². The monoisotopic (exact) mass is 735 g/mol. The van der Waals surface area contributed by atoms with Gasteiger partial charge in [-0.3, -0.25) is 4.57 Å². The van der Waals surface area contributed by atoms with Crippen LogP contribution < -0.4 is 0 Å². The molecule has 56 heavy (non-hydrogen) atoms. The minimum Gasteiger partial charge on any atom is -0.456 e. The highest BCUT2D eigenvalue weighted by Crippen LogP contribution is 2.64. The molecule has 0 amide bonds. The van der Waals surface area contributed by atoms with E-state index in [1.165, 1.54) is 39.1 Å². The van der Waals surface area contributed by atoms with Crippen LogP contribution in [0.25, 0.3) is 83.1 Å². The summed E-state index contributed by atoms with van der Waals surface area (Å²) in [5.74, 6) is 0.736. The van der Waals surface area contributed by atoms with Crippen molar-refractivity contribution in [1.29, 1.82) is 0 Å². The molecule has 0 fully saturated rings. The average Bonchev–Trinajstić information content (AvgIpc) is 3.92. The van der Waals surface area contributed by atoms with Crippen molar-refractivity contribution < 1.29 is 12.9 Å². The normalized spacial score (nSPS) is 18.8. The second-order valence-corrected chi connectivity index (χ2v) is 19.1. The molecule has 4 nitrogen and oxygen atoms in total. The van der Waals surface area contributed by atoms with E-state index in [-0.39, 0.29) is 27.2 Å². The Morgan fingerprint density at radius 1 is 0.589 bits per heavy atom. The average molecular weight is 736 g/mol. The molecule has 2 aliphatic carbocycles. The first-order chi connectivity index (χ1) is 27.9. The van der Waals surface area contributed by atoms with Crippen molar-refractivity contribution in [2.45, 2.75) is 96.7 Å². The van der Waals surface area contributed by atoms with Crippen molar-refractivity contribution in [2.24, 2.45) is 0 Å². The first kappa shape index (κ1) is 30.6. The number of rotatable bonds is 3. The Hall–Kier alpha value is -5.61. The Bertz CT molecular complexity index is 3210. The number of benzene rings is 6. The van der Waals surface area contributed by atoms with Crippen molar-refractivity contribution in [3.05, 3.63) is 131 Å². The molecular formula is C52H48N2O2. The predicted octanol–water partition coefficient (Wildman–Crippen LogP) is 14.4. The number of hydrogen-bond donors (Lipinski definition) is 0. The molecule has 2 aliphatic rings. The summed E-state index contributed by atoms with van der Waals surface area (Å²) >= 11 is 0. The molecule has 278 valence electrons. The number of aromatic nitrogens is 2. The van der Waals surface area contributed by atoms with Crippen LogP contribution in [-0.4, -0.2) is 9.55 Å². The summed E-state index contributed by atoms with van der Waals surface area (Å²) in [6.07, 6.45) is 1.98. The van der Waals surface area contributed by atoms with E-state index in [0.717, 1.165) is 51.6 Å². The zero-order valence-electron chi connectivity index (χ0n) is 36.4.